The van der Waals surface area contributed by atoms with Gasteiger partial charge < -0.3 is 16.0 Å². The number of rotatable bonds is 4. The van der Waals surface area contributed by atoms with Crippen molar-refractivity contribution in [2.75, 3.05) is 20.6 Å². The molecule has 2 bridgehead atoms. The summed E-state index contributed by atoms with van der Waals surface area (Å²) in [5.74, 6) is 1.56. The topological polar surface area (TPSA) is 58.4 Å². The van der Waals surface area contributed by atoms with Gasteiger partial charge in [0.05, 0.1) is 0 Å². The van der Waals surface area contributed by atoms with Crippen LogP contribution in [0.3, 0.4) is 0 Å². The maximum Gasteiger partial charge on any atom is 0.223 e. The normalized spacial score (nSPS) is 34.1. The predicted molar refractivity (Wildman–Crippen MR) is 82.3 cm³/mol. The van der Waals surface area contributed by atoms with Gasteiger partial charge in [0.2, 0.25) is 5.91 Å². The quantitative estimate of drug-likeness (QED) is 0.823. The van der Waals surface area contributed by atoms with E-state index in [0.29, 0.717) is 24.4 Å². The lowest BCUT2D eigenvalue weighted by molar-refractivity contribution is -0.128. The summed E-state index contributed by atoms with van der Waals surface area (Å²) in [6.07, 6.45) is 5.71. The number of hydrogen-bond acceptors (Lipinski definition) is 3. The van der Waals surface area contributed by atoms with Crippen LogP contribution in [0.1, 0.15) is 46.0 Å². The SMILES string of the molecule is CN(C)C(C)(C)CNC(=O)C1CC2CCCC(C1)C2N. The van der Waals surface area contributed by atoms with Crippen LogP contribution in [0.5, 0.6) is 0 Å². The van der Waals surface area contributed by atoms with Crippen molar-refractivity contribution in [3.63, 3.8) is 0 Å². The smallest absolute Gasteiger partial charge is 0.223 e. The van der Waals surface area contributed by atoms with Gasteiger partial charge in [0.15, 0.2) is 0 Å². The van der Waals surface area contributed by atoms with Gasteiger partial charge in [0.1, 0.15) is 0 Å². The minimum atomic E-state index is -0.00337. The molecule has 0 heterocycles. The molecule has 2 unspecified atom stereocenters. The van der Waals surface area contributed by atoms with E-state index in [-0.39, 0.29) is 17.4 Å². The number of carbonyl (C=O) groups is 1. The molecule has 2 rings (SSSR count). The first-order valence-corrected chi connectivity index (χ1v) is 8.02. The molecule has 0 saturated heterocycles. The minimum absolute atomic E-state index is 0.00337. The lowest BCUT2D eigenvalue weighted by atomic mass is 9.65. The number of fused-ring (bicyclic) bond motifs is 2. The molecule has 0 spiro atoms. The molecule has 2 fully saturated rings. The fraction of sp³-hybridized carbons (Fsp3) is 0.938. The molecular formula is C16H31N3O. The molecule has 116 valence electrons. The highest BCUT2D eigenvalue weighted by Crippen LogP contribution is 2.41. The number of nitrogens with one attached hydrogen (secondary N) is 1. The second-order valence-electron chi connectivity index (χ2n) is 7.62. The summed E-state index contributed by atoms with van der Waals surface area (Å²) in [7, 11) is 4.10. The lowest BCUT2D eigenvalue weighted by Gasteiger charge is -2.43. The molecule has 0 aromatic heterocycles. The number of hydrogen-bond donors (Lipinski definition) is 2. The first-order chi connectivity index (χ1) is 9.31. The number of likely N-dealkylation sites (N-methyl/N-ethyl adjacent to an activating group) is 1. The molecule has 4 heteroatoms. The Labute approximate surface area is 123 Å². The number of amides is 1. The Morgan fingerprint density at radius 1 is 1.25 bits per heavy atom. The van der Waals surface area contributed by atoms with Crippen LogP contribution in [0, 0.1) is 17.8 Å². The van der Waals surface area contributed by atoms with Gasteiger partial charge >= 0.3 is 0 Å². The van der Waals surface area contributed by atoms with Gasteiger partial charge in [-0.15, -0.1) is 0 Å². The van der Waals surface area contributed by atoms with Gasteiger partial charge in [-0.05, 0) is 65.5 Å². The molecule has 0 aliphatic heterocycles. The molecule has 3 N–H and O–H groups in total. The standard InChI is InChI=1S/C16H31N3O/c1-16(2,19(3)4)10-18-15(20)13-8-11-6-5-7-12(9-13)14(11)17/h11-14H,5-10,17H2,1-4H3,(H,18,20). The summed E-state index contributed by atoms with van der Waals surface area (Å²) in [4.78, 5) is 14.6. The molecule has 2 aliphatic carbocycles. The Morgan fingerprint density at radius 2 is 1.80 bits per heavy atom. The van der Waals surface area contributed by atoms with E-state index in [0.717, 1.165) is 12.8 Å². The Bertz CT molecular complexity index is 340. The third-order valence-corrected chi connectivity index (χ3v) is 5.69. The van der Waals surface area contributed by atoms with Crippen molar-refractivity contribution in [2.45, 2.75) is 57.5 Å². The van der Waals surface area contributed by atoms with Crippen LogP contribution >= 0.6 is 0 Å². The molecule has 1 amide bonds. The second kappa shape index (κ2) is 6.02. The summed E-state index contributed by atoms with van der Waals surface area (Å²) in [5.41, 5.74) is 6.29. The first-order valence-electron chi connectivity index (χ1n) is 8.02. The Kier molecular flexibility index (Phi) is 4.75. The van der Waals surface area contributed by atoms with E-state index < -0.39 is 0 Å². The molecule has 0 aromatic carbocycles. The zero-order valence-electron chi connectivity index (χ0n) is 13.5. The fourth-order valence-electron chi connectivity index (χ4n) is 3.61. The zero-order chi connectivity index (χ0) is 14.9. The monoisotopic (exact) mass is 281 g/mol. The number of carbonyl (C=O) groups excluding carboxylic acids is 1. The minimum Gasteiger partial charge on any atom is -0.354 e. The van der Waals surface area contributed by atoms with Crippen LogP contribution in [-0.4, -0.2) is 43.0 Å². The molecular weight excluding hydrogens is 250 g/mol. The fourth-order valence-corrected chi connectivity index (χ4v) is 3.61. The summed E-state index contributed by atoms with van der Waals surface area (Å²) >= 11 is 0. The average molecular weight is 281 g/mol. The summed E-state index contributed by atoms with van der Waals surface area (Å²) in [6, 6.07) is 0.339. The Balaban J connectivity index is 1.88. The third-order valence-electron chi connectivity index (χ3n) is 5.69. The van der Waals surface area contributed by atoms with Crippen molar-refractivity contribution in [1.82, 2.24) is 10.2 Å². The van der Waals surface area contributed by atoms with E-state index in [1.54, 1.807) is 0 Å². The maximum absolute atomic E-state index is 12.4. The van der Waals surface area contributed by atoms with Gasteiger partial charge in [0.25, 0.3) is 0 Å². The highest BCUT2D eigenvalue weighted by Gasteiger charge is 2.40. The molecule has 2 atom stereocenters. The summed E-state index contributed by atoms with van der Waals surface area (Å²) in [6.45, 7) is 5.01. The van der Waals surface area contributed by atoms with Crippen LogP contribution in [0.4, 0.5) is 0 Å². The molecule has 2 saturated carbocycles. The van der Waals surface area contributed by atoms with Gasteiger partial charge in [-0.3, -0.25) is 4.79 Å². The second-order valence-corrected chi connectivity index (χ2v) is 7.62. The molecule has 4 nitrogen and oxygen atoms in total. The van der Waals surface area contributed by atoms with Crippen LogP contribution in [0.25, 0.3) is 0 Å². The largest absolute Gasteiger partial charge is 0.354 e. The molecule has 0 radical (unpaired) electrons. The molecule has 2 aliphatic rings. The van der Waals surface area contributed by atoms with E-state index in [4.69, 9.17) is 5.73 Å². The van der Waals surface area contributed by atoms with E-state index >= 15 is 0 Å². The summed E-state index contributed by atoms with van der Waals surface area (Å²) in [5, 5.41) is 3.16. The Morgan fingerprint density at radius 3 is 2.30 bits per heavy atom. The van der Waals surface area contributed by atoms with E-state index in [9.17, 15) is 4.79 Å². The number of nitrogens with two attached hydrogens (primary N) is 1. The van der Waals surface area contributed by atoms with Gasteiger partial charge in [-0.2, -0.15) is 0 Å². The third kappa shape index (κ3) is 3.34. The molecule has 20 heavy (non-hydrogen) atoms. The van der Waals surface area contributed by atoms with Crippen LogP contribution < -0.4 is 11.1 Å². The molecule has 0 aromatic rings. The zero-order valence-corrected chi connectivity index (χ0v) is 13.5. The lowest BCUT2D eigenvalue weighted by Crippen LogP contribution is -2.52. The van der Waals surface area contributed by atoms with Crippen molar-refractivity contribution < 1.29 is 4.79 Å². The van der Waals surface area contributed by atoms with Gasteiger partial charge in [-0.1, -0.05) is 6.42 Å². The van der Waals surface area contributed by atoms with E-state index in [2.05, 4.69) is 38.2 Å². The maximum atomic E-state index is 12.4. The van der Waals surface area contributed by atoms with Crippen molar-refractivity contribution in [1.29, 1.82) is 0 Å². The van der Waals surface area contributed by atoms with Crippen molar-refractivity contribution in [3.05, 3.63) is 0 Å². The van der Waals surface area contributed by atoms with Crippen molar-refractivity contribution in [3.8, 4) is 0 Å². The van der Waals surface area contributed by atoms with E-state index in [1.807, 2.05) is 0 Å². The average Bonchev–Trinajstić information content (AvgIpc) is 2.35. The van der Waals surface area contributed by atoms with Crippen LogP contribution in [0.2, 0.25) is 0 Å². The predicted octanol–water partition coefficient (Wildman–Crippen LogP) is 1.60. The highest BCUT2D eigenvalue weighted by atomic mass is 16.1. The van der Waals surface area contributed by atoms with Crippen molar-refractivity contribution in [2.24, 2.45) is 23.5 Å². The van der Waals surface area contributed by atoms with Gasteiger partial charge in [0, 0.05) is 24.0 Å². The van der Waals surface area contributed by atoms with Crippen LogP contribution in [0.15, 0.2) is 0 Å². The van der Waals surface area contributed by atoms with Crippen LogP contribution in [-0.2, 0) is 4.79 Å². The first kappa shape index (κ1) is 15.8. The highest BCUT2D eigenvalue weighted by molar-refractivity contribution is 5.78. The van der Waals surface area contributed by atoms with Crippen molar-refractivity contribution >= 4 is 5.91 Å². The number of nitrogens with zero attached hydrogens (tertiary/aromatic N) is 1. The summed E-state index contributed by atoms with van der Waals surface area (Å²) < 4.78 is 0. The van der Waals surface area contributed by atoms with E-state index in [1.165, 1.54) is 19.3 Å². The van der Waals surface area contributed by atoms with Gasteiger partial charge in [-0.25, -0.2) is 0 Å². The Hall–Kier alpha value is -0.610.